The van der Waals surface area contributed by atoms with E-state index in [0.717, 1.165) is 10.7 Å². The Morgan fingerprint density at radius 1 is 1.39 bits per heavy atom. The molecule has 1 aliphatic rings. The van der Waals surface area contributed by atoms with Gasteiger partial charge in [-0.05, 0) is 6.92 Å². The fraction of sp³-hybridized carbons (Fsp3) is 0.417. The highest BCUT2D eigenvalue weighted by molar-refractivity contribution is 7.15. The van der Waals surface area contributed by atoms with Crippen LogP contribution in [0.5, 0.6) is 0 Å². The number of hydrogen-bond acceptors (Lipinski definition) is 4. The van der Waals surface area contributed by atoms with E-state index in [0.29, 0.717) is 31.6 Å². The van der Waals surface area contributed by atoms with Gasteiger partial charge in [0.1, 0.15) is 11.5 Å². The van der Waals surface area contributed by atoms with Crippen molar-refractivity contribution in [2.75, 3.05) is 13.1 Å². The van der Waals surface area contributed by atoms with Gasteiger partial charge in [-0.1, -0.05) is 0 Å². The van der Waals surface area contributed by atoms with Crippen LogP contribution < -0.4 is 0 Å². The molecule has 94 valence electrons. The predicted octanol–water partition coefficient (Wildman–Crippen LogP) is 1.51. The Morgan fingerprint density at radius 3 is 2.78 bits per heavy atom. The molecule has 0 aliphatic carbocycles. The molecule has 0 saturated carbocycles. The van der Waals surface area contributed by atoms with E-state index in [2.05, 4.69) is 4.98 Å². The van der Waals surface area contributed by atoms with Crippen molar-refractivity contribution in [3.63, 3.8) is 0 Å². The summed E-state index contributed by atoms with van der Waals surface area (Å²) < 4.78 is 1.92. The standard InChI is InChI=1S/C12H13N3O2S/c1-8-7-18-12-13-10(6-15(8)12)11(17)14-4-2-9(16)3-5-14/h6-7H,2-5H2,1H3. The van der Waals surface area contributed by atoms with Gasteiger partial charge in [0.2, 0.25) is 0 Å². The predicted molar refractivity (Wildman–Crippen MR) is 68.0 cm³/mol. The van der Waals surface area contributed by atoms with Gasteiger partial charge in [-0.3, -0.25) is 14.0 Å². The molecule has 1 saturated heterocycles. The van der Waals surface area contributed by atoms with Crippen molar-refractivity contribution < 1.29 is 9.59 Å². The Morgan fingerprint density at radius 2 is 2.11 bits per heavy atom. The summed E-state index contributed by atoms with van der Waals surface area (Å²) in [5, 5.41) is 2.01. The average molecular weight is 263 g/mol. The molecule has 1 amide bonds. The first-order valence-corrected chi connectivity index (χ1v) is 6.77. The van der Waals surface area contributed by atoms with Crippen molar-refractivity contribution in [2.24, 2.45) is 0 Å². The van der Waals surface area contributed by atoms with Crippen molar-refractivity contribution in [2.45, 2.75) is 19.8 Å². The molecular formula is C12H13N3O2S. The molecule has 0 N–H and O–H groups in total. The Kier molecular flexibility index (Phi) is 2.66. The zero-order valence-electron chi connectivity index (χ0n) is 10.0. The quantitative estimate of drug-likeness (QED) is 0.783. The lowest BCUT2D eigenvalue weighted by Gasteiger charge is -2.25. The van der Waals surface area contributed by atoms with Crippen molar-refractivity contribution >= 4 is 28.0 Å². The van der Waals surface area contributed by atoms with Gasteiger partial charge in [0.25, 0.3) is 5.91 Å². The number of hydrogen-bond donors (Lipinski definition) is 0. The highest BCUT2D eigenvalue weighted by atomic mass is 32.1. The lowest BCUT2D eigenvalue weighted by molar-refractivity contribution is -0.120. The smallest absolute Gasteiger partial charge is 0.274 e. The first-order chi connectivity index (χ1) is 8.65. The number of piperidine rings is 1. The number of aryl methyl sites for hydroxylation is 1. The van der Waals surface area contributed by atoms with Crippen LogP contribution in [0.3, 0.4) is 0 Å². The minimum absolute atomic E-state index is 0.0715. The Labute approximate surface area is 108 Å². The van der Waals surface area contributed by atoms with E-state index in [1.807, 2.05) is 16.7 Å². The fourth-order valence-electron chi connectivity index (χ4n) is 2.12. The molecule has 2 aromatic rings. The monoisotopic (exact) mass is 263 g/mol. The van der Waals surface area contributed by atoms with Crippen LogP contribution in [-0.4, -0.2) is 39.1 Å². The lowest BCUT2D eigenvalue weighted by Crippen LogP contribution is -2.38. The third kappa shape index (κ3) is 1.82. The van der Waals surface area contributed by atoms with E-state index in [-0.39, 0.29) is 11.7 Å². The molecule has 1 fully saturated rings. The zero-order valence-corrected chi connectivity index (χ0v) is 10.9. The van der Waals surface area contributed by atoms with Gasteiger partial charge in [-0.15, -0.1) is 11.3 Å². The van der Waals surface area contributed by atoms with Crippen LogP contribution in [0.4, 0.5) is 0 Å². The van der Waals surface area contributed by atoms with E-state index in [4.69, 9.17) is 0 Å². The highest BCUT2D eigenvalue weighted by Crippen LogP contribution is 2.17. The summed E-state index contributed by atoms with van der Waals surface area (Å²) in [4.78, 5) is 30.3. The topological polar surface area (TPSA) is 54.7 Å². The van der Waals surface area contributed by atoms with Crippen LogP contribution in [0, 0.1) is 6.92 Å². The first-order valence-electron chi connectivity index (χ1n) is 5.89. The van der Waals surface area contributed by atoms with E-state index < -0.39 is 0 Å². The summed E-state index contributed by atoms with van der Waals surface area (Å²) in [6, 6.07) is 0. The number of imidazole rings is 1. The number of thiazole rings is 1. The van der Waals surface area contributed by atoms with Crippen molar-refractivity contribution in [3.05, 3.63) is 23.0 Å². The number of ketones is 1. The number of nitrogens with zero attached hydrogens (tertiary/aromatic N) is 3. The summed E-state index contributed by atoms with van der Waals surface area (Å²) in [6.07, 6.45) is 2.71. The molecule has 2 aromatic heterocycles. The minimum Gasteiger partial charge on any atom is -0.336 e. The molecule has 0 unspecified atom stereocenters. The van der Waals surface area contributed by atoms with Gasteiger partial charge in [-0.2, -0.15) is 0 Å². The van der Waals surface area contributed by atoms with Gasteiger partial charge in [0.05, 0.1) is 0 Å². The van der Waals surface area contributed by atoms with Gasteiger partial charge in [0, 0.05) is 43.2 Å². The zero-order chi connectivity index (χ0) is 12.7. The van der Waals surface area contributed by atoms with Crippen LogP contribution in [-0.2, 0) is 4.79 Å². The van der Waals surface area contributed by atoms with E-state index in [9.17, 15) is 9.59 Å². The number of carbonyl (C=O) groups is 2. The Bertz CT molecular complexity index is 618. The summed E-state index contributed by atoms with van der Waals surface area (Å²) >= 11 is 1.53. The van der Waals surface area contributed by atoms with Crippen LogP contribution >= 0.6 is 11.3 Å². The van der Waals surface area contributed by atoms with Crippen LogP contribution in [0.1, 0.15) is 29.0 Å². The summed E-state index contributed by atoms with van der Waals surface area (Å²) in [5.41, 5.74) is 1.55. The number of rotatable bonds is 1. The molecule has 0 radical (unpaired) electrons. The molecule has 18 heavy (non-hydrogen) atoms. The third-order valence-corrected chi connectivity index (χ3v) is 4.17. The Hall–Kier alpha value is -1.69. The van der Waals surface area contributed by atoms with E-state index in [1.165, 1.54) is 11.3 Å². The maximum atomic E-state index is 12.2. The van der Waals surface area contributed by atoms with Gasteiger partial charge >= 0.3 is 0 Å². The molecule has 0 aromatic carbocycles. The average Bonchev–Trinajstić information content (AvgIpc) is 2.92. The second-order valence-corrected chi connectivity index (χ2v) is 5.32. The van der Waals surface area contributed by atoms with Gasteiger partial charge < -0.3 is 4.90 Å². The Balaban J connectivity index is 1.85. The van der Waals surface area contributed by atoms with Crippen LogP contribution in [0.25, 0.3) is 4.96 Å². The molecule has 0 spiro atoms. The normalized spacial score (nSPS) is 16.5. The third-order valence-electron chi connectivity index (χ3n) is 3.22. The molecular weight excluding hydrogens is 250 g/mol. The number of carbonyl (C=O) groups excluding carboxylic acids is 2. The second kappa shape index (κ2) is 4.20. The number of fused-ring (bicyclic) bond motifs is 1. The summed E-state index contributed by atoms with van der Waals surface area (Å²) in [6.45, 7) is 3.02. The molecule has 5 nitrogen and oxygen atoms in total. The van der Waals surface area contributed by atoms with Crippen molar-refractivity contribution in [3.8, 4) is 0 Å². The molecule has 0 atom stereocenters. The van der Waals surface area contributed by atoms with E-state index in [1.54, 1.807) is 11.1 Å². The van der Waals surface area contributed by atoms with E-state index >= 15 is 0 Å². The van der Waals surface area contributed by atoms with Crippen molar-refractivity contribution in [1.29, 1.82) is 0 Å². The summed E-state index contributed by atoms with van der Waals surface area (Å²) in [5.74, 6) is 0.165. The van der Waals surface area contributed by atoms with Gasteiger partial charge in [-0.25, -0.2) is 4.98 Å². The minimum atomic E-state index is -0.0715. The lowest BCUT2D eigenvalue weighted by atomic mass is 10.1. The fourth-order valence-corrected chi connectivity index (χ4v) is 2.97. The number of amides is 1. The number of aromatic nitrogens is 2. The molecule has 3 heterocycles. The van der Waals surface area contributed by atoms with Gasteiger partial charge in [0.15, 0.2) is 4.96 Å². The SMILES string of the molecule is Cc1csc2nc(C(=O)N3CCC(=O)CC3)cn12. The summed E-state index contributed by atoms with van der Waals surface area (Å²) in [7, 11) is 0. The maximum absolute atomic E-state index is 12.2. The molecule has 6 heteroatoms. The van der Waals surface area contributed by atoms with Crippen molar-refractivity contribution in [1.82, 2.24) is 14.3 Å². The van der Waals surface area contributed by atoms with Crippen LogP contribution in [0.15, 0.2) is 11.6 Å². The number of likely N-dealkylation sites (tertiary alicyclic amines) is 1. The highest BCUT2D eigenvalue weighted by Gasteiger charge is 2.24. The molecule has 0 bridgehead atoms. The second-order valence-electron chi connectivity index (χ2n) is 4.49. The maximum Gasteiger partial charge on any atom is 0.274 e. The molecule has 1 aliphatic heterocycles. The van der Waals surface area contributed by atoms with Crippen LogP contribution in [0.2, 0.25) is 0 Å². The molecule has 3 rings (SSSR count). The first kappa shape index (κ1) is 11.4. The largest absolute Gasteiger partial charge is 0.336 e. The number of Topliss-reactive ketones (excluding diaryl/α,β-unsaturated/α-hetero) is 1.